The van der Waals surface area contributed by atoms with Crippen LogP contribution in [0.3, 0.4) is 0 Å². The molecule has 2 aromatic carbocycles. The van der Waals surface area contributed by atoms with Gasteiger partial charge in [-0.1, -0.05) is 23.7 Å². The Morgan fingerprint density at radius 3 is 2.68 bits per heavy atom. The standard InChI is InChI=1S/C27H24ClFN4O4S/c1-38(35,36)25-12-20(29)5-7-24(25)33(14-16-2-3-17-11-21(28)26(30)32-23(17)10-16)27(34)18-4-6-22(31-13-18)19-8-9-37-15-19/h2-7,10-13,19H,8-9,14-15H2,1H3,(H2,30,32). The number of rotatable bonds is 6. The summed E-state index contributed by atoms with van der Waals surface area (Å²) in [4.78, 5) is 23.6. The first-order valence-electron chi connectivity index (χ1n) is 11.8. The molecule has 3 heterocycles. The molecular formula is C27H24ClFN4O4S. The van der Waals surface area contributed by atoms with Crippen molar-refractivity contribution in [2.24, 2.45) is 0 Å². The monoisotopic (exact) mass is 554 g/mol. The number of nitrogens with zero attached hydrogens (tertiary/aromatic N) is 3. The van der Waals surface area contributed by atoms with E-state index < -0.39 is 21.6 Å². The largest absolute Gasteiger partial charge is 0.382 e. The Bertz CT molecular complexity index is 1640. The Kier molecular flexibility index (Phi) is 7.04. The third-order valence-electron chi connectivity index (χ3n) is 6.44. The van der Waals surface area contributed by atoms with Crippen LogP contribution >= 0.6 is 11.6 Å². The molecule has 8 nitrogen and oxygen atoms in total. The molecule has 2 N–H and O–H groups in total. The van der Waals surface area contributed by atoms with Crippen LogP contribution in [0, 0.1) is 5.82 Å². The van der Waals surface area contributed by atoms with Crippen molar-refractivity contribution in [3.8, 4) is 0 Å². The lowest BCUT2D eigenvalue weighted by Gasteiger charge is -2.25. The molecule has 11 heteroatoms. The average Bonchev–Trinajstić information content (AvgIpc) is 3.43. The Balaban J connectivity index is 1.57. The lowest BCUT2D eigenvalue weighted by molar-refractivity contribution is 0.0984. The lowest BCUT2D eigenvalue weighted by Crippen LogP contribution is -2.32. The number of hydrogen-bond donors (Lipinski definition) is 1. The molecule has 0 spiro atoms. The van der Waals surface area contributed by atoms with Gasteiger partial charge in [-0.25, -0.2) is 17.8 Å². The first-order valence-corrected chi connectivity index (χ1v) is 14.1. The Morgan fingerprint density at radius 1 is 1.18 bits per heavy atom. The van der Waals surface area contributed by atoms with Gasteiger partial charge < -0.3 is 15.4 Å². The Labute approximate surface area is 224 Å². The van der Waals surface area contributed by atoms with E-state index in [2.05, 4.69) is 9.97 Å². The molecular weight excluding hydrogens is 531 g/mol. The highest BCUT2D eigenvalue weighted by Crippen LogP contribution is 2.31. The van der Waals surface area contributed by atoms with Crippen LogP contribution in [0.1, 0.15) is 34.0 Å². The summed E-state index contributed by atoms with van der Waals surface area (Å²) in [5, 5.41) is 1.08. The Morgan fingerprint density at radius 2 is 2.00 bits per heavy atom. The highest BCUT2D eigenvalue weighted by atomic mass is 35.5. The first kappa shape index (κ1) is 26.0. The molecule has 38 heavy (non-hydrogen) atoms. The van der Waals surface area contributed by atoms with Gasteiger partial charge in [0.2, 0.25) is 0 Å². The summed E-state index contributed by atoms with van der Waals surface area (Å²) in [6, 6.07) is 13.8. The van der Waals surface area contributed by atoms with Crippen molar-refractivity contribution in [3.05, 3.63) is 88.5 Å². The minimum Gasteiger partial charge on any atom is -0.382 e. The molecule has 1 saturated heterocycles. The number of aromatic nitrogens is 2. The lowest BCUT2D eigenvalue weighted by atomic mass is 10.0. The highest BCUT2D eigenvalue weighted by Gasteiger charge is 2.26. The van der Waals surface area contributed by atoms with E-state index in [1.165, 1.54) is 17.2 Å². The number of sulfone groups is 1. The van der Waals surface area contributed by atoms with Gasteiger partial charge in [-0.3, -0.25) is 9.78 Å². The fourth-order valence-electron chi connectivity index (χ4n) is 4.45. The van der Waals surface area contributed by atoms with Gasteiger partial charge in [0, 0.05) is 36.1 Å². The number of nitrogens with two attached hydrogens (primary N) is 1. The summed E-state index contributed by atoms with van der Waals surface area (Å²) >= 11 is 6.09. The number of benzene rings is 2. The van der Waals surface area contributed by atoms with Gasteiger partial charge in [0.25, 0.3) is 5.91 Å². The maximum Gasteiger partial charge on any atom is 0.260 e. The van der Waals surface area contributed by atoms with Gasteiger partial charge >= 0.3 is 0 Å². The van der Waals surface area contributed by atoms with Crippen molar-refractivity contribution < 1.29 is 22.3 Å². The van der Waals surface area contributed by atoms with Crippen molar-refractivity contribution in [2.75, 3.05) is 30.1 Å². The number of anilines is 2. The fourth-order valence-corrected chi connectivity index (χ4v) is 5.50. The molecule has 1 aliphatic rings. The van der Waals surface area contributed by atoms with E-state index in [0.717, 1.165) is 35.9 Å². The summed E-state index contributed by atoms with van der Waals surface area (Å²) in [6.45, 7) is 1.22. The molecule has 2 aromatic heterocycles. The van der Waals surface area contributed by atoms with E-state index >= 15 is 0 Å². The van der Waals surface area contributed by atoms with E-state index in [4.69, 9.17) is 22.1 Å². The fraction of sp³-hybridized carbons (Fsp3) is 0.222. The van der Waals surface area contributed by atoms with Crippen LogP contribution < -0.4 is 10.6 Å². The van der Waals surface area contributed by atoms with Gasteiger partial charge in [-0.15, -0.1) is 0 Å². The summed E-state index contributed by atoms with van der Waals surface area (Å²) < 4.78 is 44.7. The Hall–Kier alpha value is -3.60. The van der Waals surface area contributed by atoms with Gasteiger partial charge in [0.05, 0.1) is 39.8 Å². The first-order chi connectivity index (χ1) is 18.1. The molecule has 1 unspecified atom stereocenters. The summed E-state index contributed by atoms with van der Waals surface area (Å²) in [5.41, 5.74) is 8.20. The zero-order valence-electron chi connectivity index (χ0n) is 20.4. The molecule has 0 radical (unpaired) electrons. The quantitative estimate of drug-likeness (QED) is 0.365. The van der Waals surface area contributed by atoms with Crippen molar-refractivity contribution in [2.45, 2.75) is 23.8 Å². The van der Waals surface area contributed by atoms with Crippen LogP contribution in [0.5, 0.6) is 0 Å². The molecule has 0 saturated carbocycles. The van der Waals surface area contributed by atoms with Crippen LogP contribution in [0.25, 0.3) is 10.9 Å². The number of halogens is 2. The topological polar surface area (TPSA) is 115 Å². The molecule has 5 rings (SSSR count). The number of ether oxygens (including phenoxy) is 1. The van der Waals surface area contributed by atoms with Gasteiger partial charge in [0.1, 0.15) is 11.6 Å². The van der Waals surface area contributed by atoms with Crippen LogP contribution in [0.2, 0.25) is 5.02 Å². The summed E-state index contributed by atoms with van der Waals surface area (Å²) in [7, 11) is -3.88. The minimum atomic E-state index is -3.88. The van der Waals surface area contributed by atoms with Gasteiger partial charge in [-0.05, 0) is 54.4 Å². The number of fused-ring (bicyclic) bond motifs is 1. The third kappa shape index (κ3) is 5.33. The maximum absolute atomic E-state index is 14.1. The van der Waals surface area contributed by atoms with Crippen LogP contribution in [0.15, 0.2) is 65.7 Å². The van der Waals surface area contributed by atoms with Crippen molar-refractivity contribution >= 4 is 49.8 Å². The third-order valence-corrected chi connectivity index (χ3v) is 7.87. The normalized spacial score (nSPS) is 15.6. The molecule has 0 aliphatic carbocycles. The molecule has 0 bridgehead atoms. The second kappa shape index (κ2) is 10.3. The molecule has 1 aliphatic heterocycles. The predicted octanol–water partition coefficient (Wildman–Crippen LogP) is 4.76. The van der Waals surface area contributed by atoms with Crippen molar-refractivity contribution in [1.29, 1.82) is 0 Å². The zero-order chi connectivity index (χ0) is 27.0. The molecule has 4 aromatic rings. The molecule has 1 fully saturated rings. The predicted molar refractivity (Wildman–Crippen MR) is 144 cm³/mol. The van der Waals surface area contributed by atoms with Crippen LogP contribution in [-0.2, 0) is 21.1 Å². The molecule has 1 amide bonds. The number of nitrogen functional groups attached to an aromatic ring is 1. The zero-order valence-corrected chi connectivity index (χ0v) is 22.0. The number of hydrogen-bond acceptors (Lipinski definition) is 7. The minimum absolute atomic E-state index is 0.0225. The second-order valence-corrected chi connectivity index (χ2v) is 11.6. The van der Waals surface area contributed by atoms with Crippen molar-refractivity contribution in [1.82, 2.24) is 9.97 Å². The van der Waals surface area contributed by atoms with Gasteiger partial charge in [0.15, 0.2) is 9.84 Å². The van der Waals surface area contributed by atoms with E-state index in [-0.39, 0.29) is 34.4 Å². The summed E-state index contributed by atoms with van der Waals surface area (Å²) in [6.07, 6.45) is 3.29. The number of carbonyl (C=O) groups excluding carboxylic acids is 1. The summed E-state index contributed by atoms with van der Waals surface area (Å²) in [5.74, 6) is -0.892. The SMILES string of the molecule is CS(=O)(=O)c1cc(F)ccc1N(Cc1ccc2cc(Cl)c(N)nc2c1)C(=O)c1ccc(C2CCOC2)nc1. The number of pyridine rings is 2. The van der Waals surface area contributed by atoms with Crippen LogP contribution in [-0.4, -0.2) is 43.8 Å². The van der Waals surface area contributed by atoms with Crippen molar-refractivity contribution in [3.63, 3.8) is 0 Å². The van der Waals surface area contributed by atoms with Gasteiger partial charge in [-0.2, -0.15) is 0 Å². The average molecular weight is 555 g/mol. The van der Waals surface area contributed by atoms with E-state index in [1.807, 2.05) is 0 Å². The number of amides is 1. The maximum atomic E-state index is 14.1. The van der Waals surface area contributed by atoms with E-state index in [0.29, 0.717) is 29.3 Å². The molecule has 196 valence electrons. The second-order valence-electron chi connectivity index (χ2n) is 9.19. The smallest absolute Gasteiger partial charge is 0.260 e. The van der Waals surface area contributed by atoms with E-state index in [9.17, 15) is 17.6 Å². The van der Waals surface area contributed by atoms with E-state index in [1.54, 1.807) is 36.4 Å². The highest BCUT2D eigenvalue weighted by molar-refractivity contribution is 7.90. The van der Waals surface area contributed by atoms with Crippen LogP contribution in [0.4, 0.5) is 15.9 Å². The number of carbonyl (C=O) groups is 1. The molecule has 1 atom stereocenters.